The summed E-state index contributed by atoms with van der Waals surface area (Å²) in [4.78, 5) is 27.0. The van der Waals surface area contributed by atoms with Gasteiger partial charge in [-0.1, -0.05) is 24.3 Å². The number of nitrogens with zero attached hydrogens (tertiary/aromatic N) is 1. The highest BCUT2D eigenvalue weighted by Gasteiger charge is 2.25. The zero-order valence-electron chi connectivity index (χ0n) is 10.8. The van der Waals surface area contributed by atoms with Crippen LogP contribution in [0.1, 0.15) is 17.4 Å². The molecule has 1 heterocycles. The number of carbonyl (C=O) groups excluding carboxylic acids is 1. The van der Waals surface area contributed by atoms with Crippen molar-refractivity contribution < 1.29 is 19.8 Å². The van der Waals surface area contributed by atoms with Crippen molar-refractivity contribution in [1.29, 1.82) is 0 Å². The average molecular weight is 274 g/mol. The molecule has 6 heteroatoms. The Labute approximate surface area is 115 Å². The van der Waals surface area contributed by atoms with Crippen LogP contribution >= 0.6 is 0 Å². The van der Waals surface area contributed by atoms with Crippen LogP contribution in [0.3, 0.4) is 0 Å². The Morgan fingerprint density at radius 2 is 1.90 bits per heavy atom. The summed E-state index contributed by atoms with van der Waals surface area (Å²) in [6.45, 7) is 1.30. The van der Waals surface area contributed by atoms with Crippen molar-refractivity contribution in [2.45, 2.75) is 19.1 Å². The van der Waals surface area contributed by atoms with Crippen LogP contribution in [0.15, 0.2) is 36.4 Å². The lowest BCUT2D eigenvalue weighted by Crippen LogP contribution is -2.47. The molecule has 0 spiro atoms. The maximum atomic E-state index is 12.0. The summed E-state index contributed by atoms with van der Waals surface area (Å²) >= 11 is 0. The number of pyridine rings is 1. The van der Waals surface area contributed by atoms with Gasteiger partial charge in [-0.2, -0.15) is 0 Å². The molecule has 2 aromatic rings. The zero-order chi connectivity index (χ0) is 14.7. The predicted octanol–water partition coefficient (Wildman–Crippen LogP) is 0.799. The maximum Gasteiger partial charge on any atom is 0.328 e. The van der Waals surface area contributed by atoms with Crippen molar-refractivity contribution in [1.82, 2.24) is 10.3 Å². The fourth-order valence-electron chi connectivity index (χ4n) is 1.80. The first kappa shape index (κ1) is 14.0. The molecule has 0 saturated heterocycles. The van der Waals surface area contributed by atoms with E-state index in [-0.39, 0.29) is 5.69 Å². The number of carboxylic acids is 1. The van der Waals surface area contributed by atoms with E-state index >= 15 is 0 Å². The van der Waals surface area contributed by atoms with Gasteiger partial charge in [0.15, 0.2) is 6.04 Å². The van der Waals surface area contributed by atoms with E-state index in [1.54, 1.807) is 18.2 Å². The van der Waals surface area contributed by atoms with Gasteiger partial charge in [-0.15, -0.1) is 0 Å². The smallest absolute Gasteiger partial charge is 0.328 e. The van der Waals surface area contributed by atoms with E-state index in [9.17, 15) is 14.7 Å². The monoisotopic (exact) mass is 274 g/mol. The molecule has 0 bridgehead atoms. The number of carbonyl (C=O) groups is 2. The molecule has 6 nitrogen and oxygen atoms in total. The minimum Gasteiger partial charge on any atom is -0.480 e. The van der Waals surface area contributed by atoms with Gasteiger partial charge in [-0.3, -0.25) is 4.79 Å². The predicted molar refractivity (Wildman–Crippen MR) is 72.3 cm³/mol. The van der Waals surface area contributed by atoms with E-state index in [0.29, 0.717) is 5.52 Å². The van der Waals surface area contributed by atoms with Gasteiger partial charge in [0, 0.05) is 5.39 Å². The number of hydrogen-bond acceptors (Lipinski definition) is 4. The highest BCUT2D eigenvalue weighted by atomic mass is 16.4. The number of aliphatic hydroxyl groups excluding tert-OH is 1. The van der Waals surface area contributed by atoms with Gasteiger partial charge in [0.25, 0.3) is 5.91 Å². The van der Waals surface area contributed by atoms with Gasteiger partial charge >= 0.3 is 5.97 Å². The lowest BCUT2D eigenvalue weighted by Gasteiger charge is -2.16. The molecule has 0 aliphatic heterocycles. The number of aliphatic carboxylic acids is 1. The van der Waals surface area contributed by atoms with Crippen LogP contribution in [0.2, 0.25) is 0 Å². The molecule has 0 fully saturated rings. The number of rotatable bonds is 4. The van der Waals surface area contributed by atoms with E-state index in [1.807, 2.05) is 12.1 Å². The summed E-state index contributed by atoms with van der Waals surface area (Å²) in [6, 6.07) is 9.16. The van der Waals surface area contributed by atoms with Gasteiger partial charge < -0.3 is 15.5 Å². The summed E-state index contributed by atoms with van der Waals surface area (Å²) in [6.07, 6.45) is -1.20. The number of amides is 1. The Balaban J connectivity index is 2.24. The third-order valence-electron chi connectivity index (χ3n) is 2.87. The Bertz CT molecular complexity index is 654. The summed E-state index contributed by atoms with van der Waals surface area (Å²) < 4.78 is 0. The maximum absolute atomic E-state index is 12.0. The van der Waals surface area contributed by atoms with Crippen LogP contribution in [-0.2, 0) is 4.79 Å². The number of nitrogens with one attached hydrogen (secondary N) is 1. The Morgan fingerprint density at radius 3 is 2.55 bits per heavy atom. The molecule has 20 heavy (non-hydrogen) atoms. The molecule has 0 aliphatic rings. The van der Waals surface area contributed by atoms with Crippen LogP contribution < -0.4 is 5.32 Å². The Kier molecular flexibility index (Phi) is 3.95. The molecule has 0 unspecified atom stereocenters. The van der Waals surface area contributed by atoms with E-state index < -0.39 is 24.0 Å². The first-order valence-corrected chi connectivity index (χ1v) is 6.06. The second-order valence-corrected chi connectivity index (χ2v) is 4.42. The number of aliphatic hydroxyl groups is 1. The zero-order valence-corrected chi connectivity index (χ0v) is 10.8. The SMILES string of the molecule is C[C@@H](O)[C@H](NC(=O)c1ccc2ccccc2n1)C(=O)O. The van der Waals surface area contributed by atoms with E-state index in [2.05, 4.69) is 10.3 Å². The summed E-state index contributed by atoms with van der Waals surface area (Å²) in [5.41, 5.74) is 0.750. The number of carboxylic acid groups (broad SMARTS) is 1. The molecule has 104 valence electrons. The standard InChI is InChI=1S/C14H14N2O4/c1-8(17)12(14(19)20)16-13(18)11-7-6-9-4-2-3-5-10(9)15-11/h2-8,12,17H,1H3,(H,16,18)(H,19,20)/t8-,12+/m1/s1. The molecule has 0 aliphatic carbocycles. The van der Waals surface area contributed by atoms with Crippen molar-refractivity contribution in [3.8, 4) is 0 Å². The summed E-state index contributed by atoms with van der Waals surface area (Å²) in [5.74, 6) is -1.93. The van der Waals surface area contributed by atoms with E-state index in [4.69, 9.17) is 5.11 Å². The van der Waals surface area contributed by atoms with E-state index in [0.717, 1.165) is 5.39 Å². The van der Waals surface area contributed by atoms with Crippen LogP contribution in [0.25, 0.3) is 10.9 Å². The van der Waals surface area contributed by atoms with Crippen LogP contribution in [0, 0.1) is 0 Å². The van der Waals surface area contributed by atoms with Crippen LogP contribution in [0.5, 0.6) is 0 Å². The topological polar surface area (TPSA) is 99.5 Å². The van der Waals surface area contributed by atoms with Crippen molar-refractivity contribution >= 4 is 22.8 Å². The van der Waals surface area contributed by atoms with Crippen molar-refractivity contribution in [2.24, 2.45) is 0 Å². The van der Waals surface area contributed by atoms with E-state index in [1.165, 1.54) is 13.0 Å². The van der Waals surface area contributed by atoms with Gasteiger partial charge in [0.2, 0.25) is 0 Å². The number of aromatic nitrogens is 1. The minimum atomic E-state index is -1.37. The largest absolute Gasteiger partial charge is 0.480 e. The third kappa shape index (κ3) is 2.92. The molecule has 0 radical (unpaired) electrons. The summed E-state index contributed by atoms with van der Waals surface area (Å²) in [5, 5.41) is 21.4. The first-order valence-electron chi connectivity index (χ1n) is 6.06. The minimum absolute atomic E-state index is 0.107. The Hall–Kier alpha value is -2.47. The number of benzene rings is 1. The number of hydrogen-bond donors (Lipinski definition) is 3. The number of para-hydroxylation sites is 1. The third-order valence-corrected chi connectivity index (χ3v) is 2.87. The molecule has 1 aromatic heterocycles. The second-order valence-electron chi connectivity index (χ2n) is 4.42. The molecular formula is C14H14N2O4. The molecule has 2 atom stereocenters. The Morgan fingerprint density at radius 1 is 1.20 bits per heavy atom. The fourth-order valence-corrected chi connectivity index (χ4v) is 1.80. The molecule has 1 aromatic carbocycles. The normalized spacial score (nSPS) is 13.7. The highest BCUT2D eigenvalue weighted by Crippen LogP contribution is 2.11. The first-order chi connectivity index (χ1) is 9.49. The van der Waals surface area contributed by atoms with Gasteiger partial charge in [-0.25, -0.2) is 9.78 Å². The quantitative estimate of drug-likeness (QED) is 0.765. The fraction of sp³-hybridized carbons (Fsp3) is 0.214. The van der Waals surface area contributed by atoms with Crippen molar-refractivity contribution in [3.63, 3.8) is 0 Å². The lowest BCUT2D eigenvalue weighted by molar-refractivity contribution is -0.141. The van der Waals surface area contributed by atoms with Gasteiger partial charge in [-0.05, 0) is 19.1 Å². The van der Waals surface area contributed by atoms with Crippen molar-refractivity contribution in [2.75, 3.05) is 0 Å². The molecule has 1 amide bonds. The summed E-state index contributed by atoms with van der Waals surface area (Å²) in [7, 11) is 0. The molecular weight excluding hydrogens is 260 g/mol. The molecule has 2 rings (SSSR count). The number of fused-ring (bicyclic) bond motifs is 1. The lowest BCUT2D eigenvalue weighted by atomic mass is 10.1. The average Bonchev–Trinajstić information content (AvgIpc) is 2.43. The van der Waals surface area contributed by atoms with Gasteiger partial charge in [0.05, 0.1) is 11.6 Å². The molecule has 0 saturated carbocycles. The van der Waals surface area contributed by atoms with Crippen LogP contribution in [-0.4, -0.2) is 39.2 Å². The highest BCUT2D eigenvalue weighted by molar-refractivity contribution is 5.97. The van der Waals surface area contributed by atoms with Gasteiger partial charge in [0.1, 0.15) is 5.69 Å². The second kappa shape index (κ2) is 5.66. The van der Waals surface area contributed by atoms with Crippen LogP contribution in [0.4, 0.5) is 0 Å². The molecule has 3 N–H and O–H groups in total. The van der Waals surface area contributed by atoms with Crippen molar-refractivity contribution in [3.05, 3.63) is 42.1 Å².